The van der Waals surface area contributed by atoms with Gasteiger partial charge >= 0.3 is 5.97 Å². The fraction of sp³-hybridized carbons (Fsp3) is 0.391. The number of hydrogen-bond donors (Lipinski definition) is 2. The van der Waals surface area contributed by atoms with Gasteiger partial charge in [0.15, 0.2) is 0 Å². The van der Waals surface area contributed by atoms with Crippen molar-refractivity contribution in [2.24, 2.45) is 5.92 Å². The van der Waals surface area contributed by atoms with Gasteiger partial charge in [-0.3, -0.25) is 9.59 Å². The summed E-state index contributed by atoms with van der Waals surface area (Å²) in [6.07, 6.45) is 0.317. The molecule has 0 aliphatic heterocycles. The van der Waals surface area contributed by atoms with Crippen molar-refractivity contribution in [1.82, 2.24) is 5.32 Å². The molecule has 0 saturated carbocycles. The molecule has 1 unspecified atom stereocenters. The summed E-state index contributed by atoms with van der Waals surface area (Å²) in [5.41, 5.74) is 0.756. The van der Waals surface area contributed by atoms with E-state index in [1.54, 1.807) is 27.0 Å². The van der Waals surface area contributed by atoms with Gasteiger partial charge in [-0.15, -0.1) is 0 Å². The summed E-state index contributed by atoms with van der Waals surface area (Å²) in [5, 5.41) is 12.4. The number of carboxylic acids is 1. The Morgan fingerprint density at radius 3 is 2.34 bits per heavy atom. The highest BCUT2D eigenvalue weighted by atomic mass is 16.5. The largest absolute Gasteiger partial charge is 0.496 e. The third-order valence-corrected chi connectivity index (χ3v) is 4.92. The molecule has 0 spiro atoms. The van der Waals surface area contributed by atoms with E-state index in [9.17, 15) is 14.7 Å². The van der Waals surface area contributed by atoms with Crippen LogP contribution in [0.4, 0.5) is 0 Å². The topological polar surface area (TPSA) is 84.9 Å². The molecule has 2 N–H and O–H groups in total. The van der Waals surface area contributed by atoms with Crippen LogP contribution in [-0.4, -0.2) is 37.2 Å². The lowest BCUT2D eigenvalue weighted by atomic mass is 9.83. The highest BCUT2D eigenvalue weighted by Crippen LogP contribution is 2.31. The first-order chi connectivity index (χ1) is 13.8. The van der Waals surface area contributed by atoms with E-state index in [0.717, 1.165) is 16.9 Å². The summed E-state index contributed by atoms with van der Waals surface area (Å²) in [5.74, 6) is -0.564. The van der Waals surface area contributed by atoms with E-state index in [4.69, 9.17) is 9.47 Å². The number of benzene rings is 2. The number of carbonyl (C=O) groups excluding carboxylic acids is 1. The van der Waals surface area contributed by atoms with E-state index < -0.39 is 17.3 Å². The van der Waals surface area contributed by atoms with Crippen molar-refractivity contribution in [3.8, 4) is 11.5 Å². The molecule has 0 aliphatic rings. The minimum absolute atomic E-state index is 0.0416. The third-order valence-electron chi connectivity index (χ3n) is 4.92. The number of nitrogens with one attached hydrogen (secondary N) is 1. The first-order valence-electron chi connectivity index (χ1n) is 9.66. The van der Waals surface area contributed by atoms with Gasteiger partial charge in [-0.1, -0.05) is 30.3 Å². The Balaban J connectivity index is 2.05. The van der Waals surface area contributed by atoms with Crippen LogP contribution >= 0.6 is 0 Å². The third kappa shape index (κ3) is 5.73. The van der Waals surface area contributed by atoms with E-state index in [0.29, 0.717) is 18.8 Å². The standard InChI is InChI=1S/C23H29NO5/c1-5-29-18-12-10-16(11-13-18)14-17(21(25)26)15-24-22(27)23(2,3)19-8-6-7-9-20(19)28-4/h6-13,17H,5,14-15H2,1-4H3,(H,24,27)(H,25,26). The molecule has 1 amide bonds. The molecule has 0 fully saturated rings. The Kier molecular flexibility index (Phi) is 7.65. The summed E-state index contributed by atoms with van der Waals surface area (Å²) in [7, 11) is 1.56. The Hall–Kier alpha value is -3.02. The molecule has 0 aromatic heterocycles. The Labute approximate surface area is 171 Å². The Morgan fingerprint density at radius 1 is 1.10 bits per heavy atom. The number of para-hydroxylation sites is 1. The number of ether oxygens (including phenoxy) is 2. The van der Waals surface area contributed by atoms with Gasteiger partial charge in [-0.05, 0) is 51.0 Å². The molecule has 2 aromatic rings. The second kappa shape index (κ2) is 9.96. The first kappa shape index (κ1) is 22.3. The van der Waals surface area contributed by atoms with Crippen LogP contribution in [0.2, 0.25) is 0 Å². The highest BCUT2D eigenvalue weighted by Gasteiger charge is 2.33. The van der Waals surface area contributed by atoms with Crippen LogP contribution in [0.25, 0.3) is 0 Å². The van der Waals surface area contributed by atoms with Crippen molar-refractivity contribution < 1.29 is 24.2 Å². The second-order valence-corrected chi connectivity index (χ2v) is 7.35. The molecule has 156 valence electrons. The van der Waals surface area contributed by atoms with Gasteiger partial charge in [0, 0.05) is 12.1 Å². The summed E-state index contributed by atoms with van der Waals surface area (Å²) >= 11 is 0. The van der Waals surface area contributed by atoms with E-state index in [-0.39, 0.29) is 12.5 Å². The summed E-state index contributed by atoms with van der Waals surface area (Å²) in [4.78, 5) is 24.6. The monoisotopic (exact) mass is 399 g/mol. The number of carbonyl (C=O) groups is 2. The van der Waals surface area contributed by atoms with Crippen molar-refractivity contribution in [2.45, 2.75) is 32.6 Å². The normalized spacial score (nSPS) is 12.1. The predicted molar refractivity (Wildman–Crippen MR) is 111 cm³/mol. The number of hydrogen-bond acceptors (Lipinski definition) is 4. The molecule has 0 bridgehead atoms. The molecule has 0 heterocycles. The summed E-state index contributed by atoms with van der Waals surface area (Å²) < 4.78 is 10.8. The average Bonchev–Trinajstić information content (AvgIpc) is 2.71. The van der Waals surface area contributed by atoms with Crippen LogP contribution in [0.15, 0.2) is 48.5 Å². The number of carboxylic acid groups (broad SMARTS) is 1. The second-order valence-electron chi connectivity index (χ2n) is 7.35. The van der Waals surface area contributed by atoms with Crippen LogP contribution in [-0.2, 0) is 21.4 Å². The molecule has 2 rings (SSSR count). The van der Waals surface area contributed by atoms with Crippen LogP contribution in [0.1, 0.15) is 31.9 Å². The van der Waals surface area contributed by atoms with Gasteiger partial charge in [-0.2, -0.15) is 0 Å². The molecular weight excluding hydrogens is 370 g/mol. The molecule has 2 aromatic carbocycles. The van der Waals surface area contributed by atoms with Gasteiger partial charge in [0.25, 0.3) is 0 Å². The highest BCUT2D eigenvalue weighted by molar-refractivity contribution is 5.88. The average molecular weight is 399 g/mol. The number of methoxy groups -OCH3 is 1. The van der Waals surface area contributed by atoms with Crippen molar-refractivity contribution in [2.75, 3.05) is 20.3 Å². The maximum absolute atomic E-state index is 12.9. The minimum atomic E-state index is -0.950. The Bertz CT molecular complexity index is 829. The van der Waals surface area contributed by atoms with Gasteiger partial charge in [0.05, 0.1) is 25.0 Å². The summed E-state index contributed by atoms with van der Waals surface area (Å²) in [6.45, 7) is 6.11. The molecule has 0 saturated heterocycles. The van der Waals surface area contributed by atoms with E-state index in [1.165, 1.54) is 0 Å². The van der Waals surface area contributed by atoms with E-state index >= 15 is 0 Å². The first-order valence-corrected chi connectivity index (χ1v) is 9.66. The minimum Gasteiger partial charge on any atom is -0.496 e. The maximum Gasteiger partial charge on any atom is 0.308 e. The molecule has 0 aliphatic carbocycles. The van der Waals surface area contributed by atoms with E-state index in [1.807, 2.05) is 49.4 Å². The number of amides is 1. The van der Waals surface area contributed by atoms with Crippen LogP contribution in [0.3, 0.4) is 0 Å². The van der Waals surface area contributed by atoms with Crippen molar-refractivity contribution >= 4 is 11.9 Å². The van der Waals surface area contributed by atoms with Gasteiger partial charge < -0.3 is 19.9 Å². The van der Waals surface area contributed by atoms with Crippen molar-refractivity contribution in [3.05, 3.63) is 59.7 Å². The lowest BCUT2D eigenvalue weighted by Gasteiger charge is -2.26. The van der Waals surface area contributed by atoms with Crippen molar-refractivity contribution in [1.29, 1.82) is 0 Å². The van der Waals surface area contributed by atoms with Crippen molar-refractivity contribution in [3.63, 3.8) is 0 Å². The molecule has 6 nitrogen and oxygen atoms in total. The Morgan fingerprint density at radius 2 is 1.76 bits per heavy atom. The predicted octanol–water partition coefficient (Wildman–Crippen LogP) is 3.43. The van der Waals surface area contributed by atoms with Crippen LogP contribution < -0.4 is 14.8 Å². The zero-order valence-electron chi connectivity index (χ0n) is 17.4. The lowest BCUT2D eigenvalue weighted by molar-refractivity contribution is -0.141. The fourth-order valence-electron chi connectivity index (χ4n) is 3.14. The SMILES string of the molecule is CCOc1ccc(CC(CNC(=O)C(C)(C)c2ccccc2OC)C(=O)O)cc1. The molecule has 6 heteroatoms. The molecule has 0 radical (unpaired) electrons. The molecule has 29 heavy (non-hydrogen) atoms. The maximum atomic E-state index is 12.9. The fourth-order valence-corrected chi connectivity index (χ4v) is 3.14. The molecular formula is C23H29NO5. The lowest BCUT2D eigenvalue weighted by Crippen LogP contribution is -2.43. The number of aliphatic carboxylic acids is 1. The quantitative estimate of drug-likeness (QED) is 0.639. The van der Waals surface area contributed by atoms with E-state index in [2.05, 4.69) is 5.32 Å². The summed E-state index contributed by atoms with van der Waals surface area (Å²) in [6, 6.07) is 14.7. The zero-order chi connectivity index (χ0) is 21.4. The van der Waals surface area contributed by atoms with Crippen LogP contribution in [0, 0.1) is 5.92 Å². The van der Waals surface area contributed by atoms with Gasteiger partial charge in [0.1, 0.15) is 11.5 Å². The van der Waals surface area contributed by atoms with Gasteiger partial charge in [0.2, 0.25) is 5.91 Å². The molecule has 1 atom stereocenters. The smallest absolute Gasteiger partial charge is 0.308 e. The van der Waals surface area contributed by atoms with Gasteiger partial charge in [-0.25, -0.2) is 0 Å². The zero-order valence-corrected chi connectivity index (χ0v) is 17.4. The van der Waals surface area contributed by atoms with Crippen LogP contribution in [0.5, 0.6) is 11.5 Å². The number of rotatable bonds is 10.